The summed E-state index contributed by atoms with van der Waals surface area (Å²) < 4.78 is 22.2. The van der Waals surface area contributed by atoms with Crippen LogP contribution in [0, 0.1) is 0 Å². The summed E-state index contributed by atoms with van der Waals surface area (Å²) >= 11 is 0. The SMILES string of the molecule is NS(=O)(=O)CCn1cc[nH]c1=O. The zero-order valence-electron chi connectivity index (χ0n) is 6.23. The Labute approximate surface area is 69.1 Å². The molecule has 7 heteroatoms. The molecule has 0 unspecified atom stereocenters. The lowest BCUT2D eigenvalue weighted by Gasteiger charge is -1.97. The lowest BCUT2D eigenvalue weighted by molar-refractivity contribution is 0.589. The molecule has 0 saturated carbocycles. The van der Waals surface area contributed by atoms with E-state index in [-0.39, 0.29) is 18.0 Å². The Bertz CT molecular complexity index is 402. The van der Waals surface area contributed by atoms with Gasteiger partial charge < -0.3 is 4.98 Å². The molecule has 0 amide bonds. The maximum Gasteiger partial charge on any atom is 0.325 e. The summed E-state index contributed by atoms with van der Waals surface area (Å²) in [5.41, 5.74) is -0.335. The number of nitrogens with zero attached hydrogens (tertiary/aromatic N) is 1. The number of imidazole rings is 1. The Morgan fingerprint density at radius 3 is 2.67 bits per heavy atom. The molecule has 0 aliphatic rings. The minimum Gasteiger partial charge on any atom is -0.313 e. The quantitative estimate of drug-likeness (QED) is 0.606. The second kappa shape index (κ2) is 3.11. The van der Waals surface area contributed by atoms with E-state index in [1.165, 1.54) is 17.0 Å². The van der Waals surface area contributed by atoms with E-state index in [1.54, 1.807) is 0 Å². The summed E-state index contributed by atoms with van der Waals surface area (Å²) in [6, 6.07) is 0. The first-order chi connectivity index (χ1) is 5.49. The lowest BCUT2D eigenvalue weighted by atomic mass is 10.7. The Hall–Kier alpha value is -1.08. The summed E-state index contributed by atoms with van der Waals surface area (Å²) in [6.45, 7) is 0.0845. The van der Waals surface area contributed by atoms with Gasteiger partial charge in [0, 0.05) is 18.9 Å². The van der Waals surface area contributed by atoms with E-state index in [0.29, 0.717) is 0 Å². The molecular weight excluding hydrogens is 182 g/mol. The monoisotopic (exact) mass is 191 g/mol. The molecule has 6 nitrogen and oxygen atoms in total. The van der Waals surface area contributed by atoms with Crippen LogP contribution in [0.5, 0.6) is 0 Å². The molecule has 0 spiro atoms. The van der Waals surface area contributed by atoms with E-state index in [0.717, 1.165) is 0 Å². The third-order valence-corrected chi connectivity index (χ3v) is 2.09. The van der Waals surface area contributed by atoms with E-state index < -0.39 is 10.0 Å². The van der Waals surface area contributed by atoms with Crippen LogP contribution in [0.15, 0.2) is 17.2 Å². The summed E-state index contributed by atoms with van der Waals surface area (Å²) in [4.78, 5) is 13.2. The van der Waals surface area contributed by atoms with Crippen molar-refractivity contribution in [3.05, 3.63) is 22.9 Å². The highest BCUT2D eigenvalue weighted by molar-refractivity contribution is 7.89. The Kier molecular flexibility index (Phi) is 2.34. The summed E-state index contributed by atoms with van der Waals surface area (Å²) in [7, 11) is -3.49. The number of aryl methyl sites for hydroxylation is 1. The van der Waals surface area contributed by atoms with Gasteiger partial charge in [-0.05, 0) is 0 Å². The van der Waals surface area contributed by atoms with Crippen LogP contribution < -0.4 is 10.8 Å². The third kappa shape index (κ3) is 2.51. The van der Waals surface area contributed by atoms with Gasteiger partial charge in [0.2, 0.25) is 10.0 Å². The highest BCUT2D eigenvalue weighted by atomic mass is 32.2. The van der Waals surface area contributed by atoms with Crippen LogP contribution in [0.3, 0.4) is 0 Å². The zero-order valence-corrected chi connectivity index (χ0v) is 7.04. The van der Waals surface area contributed by atoms with Crippen molar-refractivity contribution in [1.29, 1.82) is 0 Å². The summed E-state index contributed by atoms with van der Waals surface area (Å²) in [6.07, 6.45) is 2.90. The van der Waals surface area contributed by atoms with Crippen molar-refractivity contribution >= 4 is 10.0 Å². The smallest absolute Gasteiger partial charge is 0.313 e. The van der Waals surface area contributed by atoms with Gasteiger partial charge in [0.05, 0.1) is 5.75 Å². The largest absolute Gasteiger partial charge is 0.325 e. The zero-order chi connectivity index (χ0) is 9.19. The Balaban J connectivity index is 2.67. The molecule has 0 bridgehead atoms. The van der Waals surface area contributed by atoms with E-state index >= 15 is 0 Å². The molecular formula is C5H9N3O3S. The molecule has 12 heavy (non-hydrogen) atoms. The molecule has 0 fully saturated rings. The number of nitrogens with one attached hydrogen (secondary N) is 1. The molecule has 0 atom stereocenters. The summed E-state index contributed by atoms with van der Waals surface area (Å²) in [5, 5.41) is 4.75. The van der Waals surface area contributed by atoms with Crippen molar-refractivity contribution in [3.63, 3.8) is 0 Å². The third-order valence-electron chi connectivity index (χ3n) is 1.34. The van der Waals surface area contributed by atoms with Crippen molar-refractivity contribution in [2.75, 3.05) is 5.75 Å². The number of aromatic nitrogens is 2. The molecule has 68 valence electrons. The number of hydrogen-bond acceptors (Lipinski definition) is 3. The molecule has 0 radical (unpaired) electrons. The van der Waals surface area contributed by atoms with Crippen LogP contribution >= 0.6 is 0 Å². The van der Waals surface area contributed by atoms with Gasteiger partial charge in [0.1, 0.15) is 0 Å². The fraction of sp³-hybridized carbons (Fsp3) is 0.400. The number of aromatic amines is 1. The molecule has 1 rings (SSSR count). The first kappa shape index (κ1) is 9.01. The second-order valence-electron chi connectivity index (χ2n) is 2.33. The van der Waals surface area contributed by atoms with Gasteiger partial charge in [0.15, 0.2) is 0 Å². The van der Waals surface area contributed by atoms with E-state index in [4.69, 9.17) is 5.14 Å². The normalized spacial score (nSPS) is 11.8. The number of nitrogens with two attached hydrogens (primary N) is 1. The maximum atomic E-state index is 10.8. The van der Waals surface area contributed by atoms with Crippen LogP contribution in [0.25, 0.3) is 0 Å². The highest BCUT2D eigenvalue weighted by Crippen LogP contribution is 1.83. The maximum absolute atomic E-state index is 10.8. The van der Waals surface area contributed by atoms with Crippen LogP contribution in [-0.2, 0) is 16.6 Å². The van der Waals surface area contributed by atoms with Gasteiger partial charge in [-0.25, -0.2) is 18.4 Å². The number of sulfonamides is 1. The van der Waals surface area contributed by atoms with Gasteiger partial charge in [-0.2, -0.15) is 0 Å². The van der Waals surface area contributed by atoms with E-state index in [2.05, 4.69) is 4.98 Å². The Morgan fingerprint density at radius 2 is 2.25 bits per heavy atom. The van der Waals surface area contributed by atoms with Crippen molar-refractivity contribution in [3.8, 4) is 0 Å². The van der Waals surface area contributed by atoms with Crippen LogP contribution in [-0.4, -0.2) is 23.7 Å². The number of H-pyrrole nitrogens is 1. The fourth-order valence-electron chi connectivity index (χ4n) is 0.751. The molecule has 0 aromatic carbocycles. The number of primary sulfonamides is 1. The van der Waals surface area contributed by atoms with Gasteiger partial charge >= 0.3 is 5.69 Å². The molecule has 1 heterocycles. The molecule has 0 saturated heterocycles. The molecule has 3 N–H and O–H groups in total. The molecule has 1 aromatic heterocycles. The van der Waals surface area contributed by atoms with Gasteiger partial charge in [-0.15, -0.1) is 0 Å². The van der Waals surface area contributed by atoms with Crippen molar-refractivity contribution in [2.24, 2.45) is 5.14 Å². The van der Waals surface area contributed by atoms with Gasteiger partial charge in [-0.3, -0.25) is 4.57 Å². The highest BCUT2D eigenvalue weighted by Gasteiger charge is 2.03. The second-order valence-corrected chi connectivity index (χ2v) is 4.06. The van der Waals surface area contributed by atoms with Crippen LogP contribution in [0.1, 0.15) is 0 Å². The average Bonchev–Trinajstić information content (AvgIpc) is 2.29. The lowest BCUT2D eigenvalue weighted by Crippen LogP contribution is -2.25. The van der Waals surface area contributed by atoms with Crippen molar-refractivity contribution in [2.45, 2.75) is 6.54 Å². The van der Waals surface area contributed by atoms with Crippen molar-refractivity contribution in [1.82, 2.24) is 9.55 Å². The standard InChI is InChI=1S/C5H9N3O3S/c6-12(10,11)4-3-8-2-1-7-5(8)9/h1-2H,3-4H2,(H,7,9)(H2,6,10,11). The molecule has 0 aliphatic carbocycles. The van der Waals surface area contributed by atoms with Crippen LogP contribution in [0.2, 0.25) is 0 Å². The van der Waals surface area contributed by atoms with E-state index in [1.807, 2.05) is 0 Å². The Morgan fingerprint density at radius 1 is 1.58 bits per heavy atom. The predicted molar refractivity (Wildman–Crippen MR) is 43.0 cm³/mol. The summed E-state index contributed by atoms with van der Waals surface area (Å²) in [5.74, 6) is -0.231. The van der Waals surface area contributed by atoms with Crippen molar-refractivity contribution < 1.29 is 8.42 Å². The van der Waals surface area contributed by atoms with Crippen LogP contribution in [0.4, 0.5) is 0 Å². The first-order valence-corrected chi connectivity index (χ1v) is 4.95. The topological polar surface area (TPSA) is 97.9 Å². The number of hydrogen-bond donors (Lipinski definition) is 2. The fourth-order valence-corrected chi connectivity index (χ4v) is 1.20. The van der Waals surface area contributed by atoms with E-state index in [9.17, 15) is 13.2 Å². The average molecular weight is 191 g/mol. The molecule has 1 aromatic rings. The van der Waals surface area contributed by atoms with Gasteiger partial charge in [-0.1, -0.05) is 0 Å². The minimum absolute atomic E-state index is 0.0845. The molecule has 0 aliphatic heterocycles. The number of rotatable bonds is 3. The minimum atomic E-state index is -3.49. The predicted octanol–water partition coefficient (Wildman–Crippen LogP) is -1.54. The van der Waals surface area contributed by atoms with Gasteiger partial charge in [0.25, 0.3) is 0 Å². The first-order valence-electron chi connectivity index (χ1n) is 3.23.